The van der Waals surface area contributed by atoms with E-state index in [-0.39, 0.29) is 5.91 Å². The lowest BCUT2D eigenvalue weighted by atomic mass is 9.59. The van der Waals surface area contributed by atoms with Gasteiger partial charge in [-0.25, -0.2) is 0 Å². The molecular weight excluding hydrogens is 360 g/mol. The Kier molecular flexibility index (Phi) is 4.55. The second kappa shape index (κ2) is 7.36. The number of pyridine rings is 1. The van der Waals surface area contributed by atoms with E-state index in [1.165, 1.54) is 17.5 Å². The Labute approximate surface area is 171 Å². The van der Waals surface area contributed by atoms with Gasteiger partial charge < -0.3 is 9.64 Å². The van der Waals surface area contributed by atoms with Crippen LogP contribution < -0.4 is 4.74 Å². The second-order valence-corrected chi connectivity index (χ2v) is 8.06. The van der Waals surface area contributed by atoms with Gasteiger partial charge in [-0.05, 0) is 53.5 Å². The number of hydrogen-bond acceptors (Lipinski definition) is 3. The third-order valence-electron chi connectivity index (χ3n) is 6.44. The van der Waals surface area contributed by atoms with E-state index in [4.69, 9.17) is 4.74 Å². The molecule has 0 radical (unpaired) electrons. The molecule has 146 valence electrons. The van der Waals surface area contributed by atoms with E-state index in [0.29, 0.717) is 23.3 Å². The predicted molar refractivity (Wildman–Crippen MR) is 113 cm³/mol. The number of aromatic nitrogens is 1. The molecule has 2 unspecified atom stereocenters. The first-order chi connectivity index (χ1) is 14.2. The fourth-order valence-electron chi connectivity index (χ4n) is 5.04. The van der Waals surface area contributed by atoms with Crippen LogP contribution in [0.3, 0.4) is 0 Å². The predicted octanol–water partition coefficient (Wildman–Crippen LogP) is 4.63. The number of methoxy groups -OCH3 is 1. The molecule has 3 fully saturated rings. The molecule has 4 heteroatoms. The summed E-state index contributed by atoms with van der Waals surface area (Å²) in [6.07, 6.45) is 4.58. The van der Waals surface area contributed by atoms with Gasteiger partial charge in [0, 0.05) is 31.0 Å². The molecule has 1 amide bonds. The van der Waals surface area contributed by atoms with Gasteiger partial charge in [0.25, 0.3) is 5.91 Å². The van der Waals surface area contributed by atoms with Crippen molar-refractivity contribution in [3.8, 4) is 16.9 Å². The van der Waals surface area contributed by atoms with Gasteiger partial charge in [-0.15, -0.1) is 0 Å². The van der Waals surface area contributed by atoms with E-state index in [1.807, 2.05) is 35.2 Å². The molecule has 3 aliphatic rings. The number of rotatable bonds is 4. The van der Waals surface area contributed by atoms with Gasteiger partial charge in [0.05, 0.1) is 12.7 Å². The van der Waals surface area contributed by atoms with Crippen molar-refractivity contribution < 1.29 is 9.53 Å². The van der Waals surface area contributed by atoms with Crippen molar-refractivity contribution in [1.82, 2.24) is 9.88 Å². The molecule has 2 atom stereocenters. The van der Waals surface area contributed by atoms with E-state index in [0.717, 1.165) is 24.4 Å². The van der Waals surface area contributed by atoms with Crippen LogP contribution >= 0.6 is 0 Å². The molecule has 6 rings (SSSR count). The minimum absolute atomic E-state index is 0.109. The monoisotopic (exact) mass is 384 g/mol. The molecule has 4 nitrogen and oxygen atoms in total. The lowest BCUT2D eigenvalue weighted by Crippen LogP contribution is -2.55. The summed E-state index contributed by atoms with van der Waals surface area (Å²) in [6, 6.07) is 20.7. The standard InChI is InChI=1S/C25H24N2O2/c1-29-23-7-3-2-6-22(23)17-8-10-18(11-9-17)24-20-13-21(24)16-27(15-20)25(28)19-5-4-12-26-14-19/h2-12,14,20-21,24H,13,15-16H2,1H3. The van der Waals surface area contributed by atoms with Crippen LogP contribution in [0.5, 0.6) is 5.75 Å². The van der Waals surface area contributed by atoms with Gasteiger partial charge in [0.2, 0.25) is 0 Å². The largest absolute Gasteiger partial charge is 0.496 e. The van der Waals surface area contributed by atoms with Crippen molar-refractivity contribution in [3.63, 3.8) is 0 Å². The lowest BCUT2D eigenvalue weighted by Gasteiger charge is -2.54. The first-order valence-electron chi connectivity index (χ1n) is 10.2. The SMILES string of the molecule is COc1ccccc1-c1ccc(C2C3CC2CN(C(=O)c2cccnc2)C3)cc1. The summed E-state index contributed by atoms with van der Waals surface area (Å²) >= 11 is 0. The molecule has 1 aliphatic carbocycles. The van der Waals surface area contributed by atoms with Crippen LogP contribution in [0.2, 0.25) is 0 Å². The average molecular weight is 384 g/mol. The summed E-state index contributed by atoms with van der Waals surface area (Å²) in [4.78, 5) is 18.8. The van der Waals surface area contributed by atoms with Gasteiger partial charge in [0.15, 0.2) is 0 Å². The normalized spacial score (nSPS) is 22.7. The highest BCUT2D eigenvalue weighted by Gasteiger charge is 2.48. The zero-order chi connectivity index (χ0) is 19.8. The summed E-state index contributed by atoms with van der Waals surface area (Å²) in [6.45, 7) is 1.67. The van der Waals surface area contributed by atoms with Crippen LogP contribution in [-0.4, -0.2) is 36.0 Å². The molecule has 1 aromatic heterocycles. The summed E-state index contributed by atoms with van der Waals surface area (Å²) in [5, 5.41) is 0. The Bertz CT molecular complexity index is 1000. The van der Waals surface area contributed by atoms with Crippen molar-refractivity contribution in [2.24, 2.45) is 11.8 Å². The molecule has 2 bridgehead atoms. The fraction of sp³-hybridized carbons (Fsp3) is 0.280. The molecule has 2 aromatic carbocycles. The summed E-state index contributed by atoms with van der Waals surface area (Å²) in [7, 11) is 1.71. The van der Waals surface area contributed by atoms with E-state index in [9.17, 15) is 4.79 Å². The number of ether oxygens (including phenoxy) is 1. The summed E-state index contributed by atoms with van der Waals surface area (Å²) in [5.74, 6) is 2.65. The van der Waals surface area contributed by atoms with Gasteiger partial charge in [-0.1, -0.05) is 42.5 Å². The molecule has 0 spiro atoms. The van der Waals surface area contributed by atoms with E-state index >= 15 is 0 Å². The average Bonchev–Trinajstić information content (AvgIpc) is 2.79. The number of carbonyl (C=O) groups is 1. The minimum Gasteiger partial charge on any atom is -0.496 e. The summed E-state index contributed by atoms with van der Waals surface area (Å²) < 4.78 is 5.50. The highest BCUT2D eigenvalue weighted by atomic mass is 16.5. The molecule has 3 aromatic rings. The van der Waals surface area contributed by atoms with Crippen molar-refractivity contribution in [3.05, 3.63) is 84.2 Å². The van der Waals surface area contributed by atoms with Crippen LogP contribution in [0, 0.1) is 11.8 Å². The highest BCUT2D eigenvalue weighted by Crippen LogP contribution is 2.52. The van der Waals surface area contributed by atoms with Crippen LogP contribution in [-0.2, 0) is 0 Å². The Morgan fingerprint density at radius 3 is 2.45 bits per heavy atom. The number of amides is 1. The summed E-state index contributed by atoms with van der Waals surface area (Å²) in [5.41, 5.74) is 4.36. The van der Waals surface area contributed by atoms with Crippen LogP contribution in [0.15, 0.2) is 73.1 Å². The third-order valence-corrected chi connectivity index (χ3v) is 6.44. The molecule has 2 aliphatic heterocycles. The fourth-order valence-corrected chi connectivity index (χ4v) is 5.04. The number of piperidine rings is 2. The number of fused-ring (bicyclic) bond motifs is 2. The van der Waals surface area contributed by atoms with Gasteiger partial charge in [0.1, 0.15) is 5.75 Å². The van der Waals surface area contributed by atoms with Crippen molar-refractivity contribution in [2.45, 2.75) is 12.3 Å². The number of benzene rings is 2. The number of carbonyl (C=O) groups excluding carboxylic acids is 1. The maximum absolute atomic E-state index is 12.7. The van der Waals surface area contributed by atoms with E-state index in [2.05, 4.69) is 35.3 Å². The Balaban J connectivity index is 1.31. The first kappa shape index (κ1) is 17.9. The maximum Gasteiger partial charge on any atom is 0.255 e. The molecule has 1 saturated carbocycles. The van der Waals surface area contributed by atoms with Crippen molar-refractivity contribution >= 4 is 5.91 Å². The Morgan fingerprint density at radius 1 is 1.00 bits per heavy atom. The minimum atomic E-state index is 0.109. The Hall–Kier alpha value is -3.14. The molecule has 29 heavy (non-hydrogen) atoms. The number of hydrogen-bond donors (Lipinski definition) is 0. The van der Waals surface area contributed by atoms with Crippen LogP contribution in [0.25, 0.3) is 11.1 Å². The highest BCUT2D eigenvalue weighted by molar-refractivity contribution is 5.94. The van der Waals surface area contributed by atoms with Crippen molar-refractivity contribution in [2.75, 3.05) is 20.2 Å². The quantitative estimate of drug-likeness (QED) is 0.658. The number of para-hydroxylation sites is 1. The number of nitrogens with zero attached hydrogens (tertiary/aromatic N) is 2. The Morgan fingerprint density at radius 2 is 1.76 bits per heavy atom. The molecule has 3 heterocycles. The lowest BCUT2D eigenvalue weighted by molar-refractivity contribution is 0.00314. The van der Waals surface area contributed by atoms with E-state index < -0.39 is 0 Å². The van der Waals surface area contributed by atoms with Crippen LogP contribution in [0.4, 0.5) is 0 Å². The van der Waals surface area contributed by atoms with Crippen molar-refractivity contribution in [1.29, 1.82) is 0 Å². The van der Waals surface area contributed by atoms with Crippen LogP contribution in [0.1, 0.15) is 28.3 Å². The zero-order valence-corrected chi connectivity index (χ0v) is 16.5. The molecule has 0 N–H and O–H groups in total. The van der Waals surface area contributed by atoms with Gasteiger partial charge in [-0.3, -0.25) is 9.78 Å². The second-order valence-electron chi connectivity index (χ2n) is 8.06. The maximum atomic E-state index is 12.7. The van der Waals surface area contributed by atoms with E-state index in [1.54, 1.807) is 19.5 Å². The first-order valence-corrected chi connectivity index (χ1v) is 10.2. The third kappa shape index (κ3) is 3.19. The zero-order valence-electron chi connectivity index (χ0n) is 16.5. The smallest absolute Gasteiger partial charge is 0.255 e. The molecule has 2 saturated heterocycles. The molecular formula is C25H24N2O2. The topological polar surface area (TPSA) is 42.4 Å². The van der Waals surface area contributed by atoms with Gasteiger partial charge >= 0.3 is 0 Å². The van der Waals surface area contributed by atoms with Gasteiger partial charge in [-0.2, -0.15) is 0 Å².